The molecule has 0 aromatic carbocycles. The predicted octanol–water partition coefficient (Wildman–Crippen LogP) is -2.15. The molecule has 1 heterocycles. The molecule has 1 unspecified atom stereocenters. The number of pyridine rings is 1. The molecule has 0 radical (unpaired) electrons. The predicted molar refractivity (Wildman–Crippen MR) is 44.7 cm³/mol. The first-order chi connectivity index (χ1) is 6.18. The van der Waals surface area contributed by atoms with E-state index >= 15 is 0 Å². The minimum atomic E-state index is -1.03. The molecule has 4 heteroatoms. The van der Waals surface area contributed by atoms with Crippen molar-refractivity contribution in [1.82, 2.24) is 4.98 Å². The van der Waals surface area contributed by atoms with Crippen LogP contribution in [0.5, 0.6) is 0 Å². The van der Waals surface area contributed by atoms with Gasteiger partial charge in [0.25, 0.3) is 0 Å². The number of likely N-dealkylation sites (N-methyl/N-ethyl adjacent to an activating group) is 1. The van der Waals surface area contributed by atoms with E-state index in [4.69, 9.17) is 0 Å². The van der Waals surface area contributed by atoms with Crippen molar-refractivity contribution < 1.29 is 14.8 Å². The van der Waals surface area contributed by atoms with Crippen LogP contribution >= 0.6 is 0 Å². The maximum Gasteiger partial charge on any atom is 0.117 e. The standard InChI is InChI=1S/C9H12N2O2/c1-11(7-9(12)13)6-8-3-2-4-10-5-8/h2-5H,6-7H2,1H3,(H,12,13). The van der Waals surface area contributed by atoms with Gasteiger partial charge in [0, 0.05) is 18.0 Å². The molecule has 0 spiro atoms. The summed E-state index contributed by atoms with van der Waals surface area (Å²) in [7, 11) is 1.81. The van der Waals surface area contributed by atoms with Gasteiger partial charge < -0.3 is 14.8 Å². The molecule has 0 aliphatic rings. The van der Waals surface area contributed by atoms with E-state index in [1.165, 1.54) is 0 Å². The molecule has 70 valence electrons. The number of aromatic nitrogens is 1. The summed E-state index contributed by atoms with van der Waals surface area (Å²) >= 11 is 0. The number of carboxylic acids is 1. The molecule has 0 fully saturated rings. The Morgan fingerprint density at radius 1 is 1.69 bits per heavy atom. The lowest BCUT2D eigenvalue weighted by molar-refractivity contribution is -0.887. The number of carbonyl (C=O) groups is 1. The van der Waals surface area contributed by atoms with Gasteiger partial charge in [0.2, 0.25) is 0 Å². The molecule has 13 heavy (non-hydrogen) atoms. The molecule has 1 N–H and O–H groups in total. The van der Waals surface area contributed by atoms with Gasteiger partial charge in [-0.25, -0.2) is 0 Å². The van der Waals surface area contributed by atoms with E-state index in [9.17, 15) is 9.90 Å². The lowest BCUT2D eigenvalue weighted by Gasteiger charge is -2.13. The van der Waals surface area contributed by atoms with E-state index in [0.29, 0.717) is 6.54 Å². The number of carboxylic acid groups (broad SMARTS) is 1. The summed E-state index contributed by atoms with van der Waals surface area (Å²) in [5, 5.41) is 10.3. The quantitative estimate of drug-likeness (QED) is 0.574. The van der Waals surface area contributed by atoms with E-state index in [1.54, 1.807) is 12.4 Å². The molecule has 0 amide bonds. The van der Waals surface area contributed by atoms with Crippen LogP contribution in [0.4, 0.5) is 0 Å². The number of nitrogens with one attached hydrogen (secondary N) is 1. The minimum Gasteiger partial charge on any atom is -0.544 e. The van der Waals surface area contributed by atoms with Gasteiger partial charge in [-0.15, -0.1) is 0 Å². The van der Waals surface area contributed by atoms with E-state index in [2.05, 4.69) is 4.98 Å². The van der Waals surface area contributed by atoms with Crippen LogP contribution in [-0.4, -0.2) is 24.5 Å². The fourth-order valence-electron chi connectivity index (χ4n) is 1.16. The SMILES string of the molecule is C[NH+](CC(=O)[O-])Cc1cccnc1. The highest BCUT2D eigenvalue weighted by Crippen LogP contribution is 1.91. The Kier molecular flexibility index (Phi) is 3.40. The largest absolute Gasteiger partial charge is 0.544 e. The topological polar surface area (TPSA) is 57.5 Å². The van der Waals surface area contributed by atoms with Gasteiger partial charge in [0.15, 0.2) is 0 Å². The number of nitrogens with zero attached hydrogens (tertiary/aromatic N) is 1. The van der Waals surface area contributed by atoms with Gasteiger partial charge >= 0.3 is 0 Å². The van der Waals surface area contributed by atoms with Crippen molar-refractivity contribution in [2.45, 2.75) is 6.54 Å². The van der Waals surface area contributed by atoms with Crippen molar-refractivity contribution in [3.8, 4) is 0 Å². The van der Waals surface area contributed by atoms with Crippen molar-refractivity contribution in [1.29, 1.82) is 0 Å². The lowest BCUT2D eigenvalue weighted by atomic mass is 10.3. The summed E-state index contributed by atoms with van der Waals surface area (Å²) in [4.78, 5) is 15.1. The van der Waals surface area contributed by atoms with Gasteiger partial charge in [-0.05, 0) is 6.07 Å². The highest BCUT2D eigenvalue weighted by Gasteiger charge is 2.02. The molecule has 1 atom stereocenters. The maximum atomic E-state index is 10.3. The van der Waals surface area contributed by atoms with Gasteiger partial charge in [-0.2, -0.15) is 0 Å². The molecule has 0 saturated heterocycles. The third-order valence-corrected chi connectivity index (χ3v) is 1.67. The summed E-state index contributed by atoms with van der Waals surface area (Å²) in [5.74, 6) is -1.03. The van der Waals surface area contributed by atoms with Crippen LogP contribution in [0.1, 0.15) is 5.56 Å². The Balaban J connectivity index is 2.45. The van der Waals surface area contributed by atoms with Crippen molar-refractivity contribution >= 4 is 5.97 Å². The van der Waals surface area contributed by atoms with Crippen LogP contribution in [0, 0.1) is 0 Å². The van der Waals surface area contributed by atoms with Crippen molar-refractivity contribution in [2.24, 2.45) is 0 Å². The molecule has 1 rings (SSSR count). The Hall–Kier alpha value is -1.42. The lowest BCUT2D eigenvalue weighted by Crippen LogP contribution is -3.09. The van der Waals surface area contributed by atoms with Crippen LogP contribution in [0.15, 0.2) is 24.5 Å². The Labute approximate surface area is 76.8 Å². The average Bonchev–Trinajstić information content (AvgIpc) is 2.04. The second kappa shape index (κ2) is 4.57. The van der Waals surface area contributed by atoms with E-state index < -0.39 is 5.97 Å². The second-order valence-corrected chi connectivity index (χ2v) is 3.04. The van der Waals surface area contributed by atoms with Crippen LogP contribution in [0.25, 0.3) is 0 Å². The smallest absolute Gasteiger partial charge is 0.117 e. The molecule has 1 aromatic rings. The fraction of sp³-hybridized carbons (Fsp3) is 0.333. The number of quaternary nitrogens is 1. The first-order valence-corrected chi connectivity index (χ1v) is 4.08. The molecule has 0 aliphatic heterocycles. The molecule has 4 nitrogen and oxygen atoms in total. The zero-order valence-corrected chi connectivity index (χ0v) is 7.49. The Morgan fingerprint density at radius 3 is 3.00 bits per heavy atom. The minimum absolute atomic E-state index is 0.0227. The van der Waals surface area contributed by atoms with E-state index in [0.717, 1.165) is 10.5 Å². The molecule has 1 aromatic heterocycles. The zero-order chi connectivity index (χ0) is 9.68. The third kappa shape index (κ3) is 3.66. The van der Waals surface area contributed by atoms with E-state index in [-0.39, 0.29) is 6.54 Å². The first kappa shape index (κ1) is 9.67. The highest BCUT2D eigenvalue weighted by atomic mass is 16.4. The molecule has 0 bridgehead atoms. The number of hydrogen-bond donors (Lipinski definition) is 1. The zero-order valence-electron chi connectivity index (χ0n) is 7.49. The van der Waals surface area contributed by atoms with Crippen molar-refractivity contribution in [3.63, 3.8) is 0 Å². The van der Waals surface area contributed by atoms with Gasteiger partial charge in [-0.1, -0.05) is 6.07 Å². The van der Waals surface area contributed by atoms with Crippen molar-refractivity contribution in [3.05, 3.63) is 30.1 Å². The van der Waals surface area contributed by atoms with Gasteiger partial charge in [0.1, 0.15) is 13.1 Å². The molecule has 0 saturated carbocycles. The van der Waals surface area contributed by atoms with Crippen LogP contribution in [0.2, 0.25) is 0 Å². The molecular weight excluding hydrogens is 168 g/mol. The Bertz CT molecular complexity index is 274. The monoisotopic (exact) mass is 180 g/mol. The second-order valence-electron chi connectivity index (χ2n) is 3.04. The van der Waals surface area contributed by atoms with Crippen LogP contribution < -0.4 is 10.0 Å². The summed E-state index contributed by atoms with van der Waals surface area (Å²) in [6, 6.07) is 3.76. The normalized spacial score (nSPS) is 12.4. The van der Waals surface area contributed by atoms with Crippen molar-refractivity contribution in [2.75, 3.05) is 13.6 Å². The summed E-state index contributed by atoms with van der Waals surface area (Å²) in [5.41, 5.74) is 1.03. The molecular formula is C9H12N2O2. The first-order valence-electron chi connectivity index (χ1n) is 4.08. The Morgan fingerprint density at radius 2 is 2.46 bits per heavy atom. The highest BCUT2D eigenvalue weighted by molar-refractivity contribution is 5.65. The summed E-state index contributed by atoms with van der Waals surface area (Å²) < 4.78 is 0. The summed E-state index contributed by atoms with van der Waals surface area (Å²) in [6.45, 7) is 0.677. The number of rotatable bonds is 4. The van der Waals surface area contributed by atoms with Crippen LogP contribution in [0.3, 0.4) is 0 Å². The fourth-order valence-corrected chi connectivity index (χ4v) is 1.16. The number of aliphatic carboxylic acids is 1. The van der Waals surface area contributed by atoms with Gasteiger partial charge in [-0.3, -0.25) is 4.98 Å². The average molecular weight is 180 g/mol. The van der Waals surface area contributed by atoms with Crippen LogP contribution in [-0.2, 0) is 11.3 Å². The van der Waals surface area contributed by atoms with E-state index in [1.807, 2.05) is 19.2 Å². The third-order valence-electron chi connectivity index (χ3n) is 1.67. The number of carbonyl (C=O) groups excluding carboxylic acids is 1. The number of hydrogen-bond acceptors (Lipinski definition) is 3. The van der Waals surface area contributed by atoms with Gasteiger partial charge in [0.05, 0.1) is 13.0 Å². The molecule has 0 aliphatic carbocycles. The maximum absolute atomic E-state index is 10.3. The summed E-state index contributed by atoms with van der Waals surface area (Å²) in [6.07, 6.45) is 3.43.